The first-order valence-electron chi connectivity index (χ1n) is 5.95. The number of ketones is 1. The van der Waals surface area contributed by atoms with Crippen LogP contribution in [0.1, 0.15) is 22.8 Å². The number of nitrogens with two attached hydrogens (primary N) is 1. The Kier molecular flexibility index (Phi) is 4.07. The number of hydrogen-bond acceptors (Lipinski definition) is 3. The van der Waals surface area contributed by atoms with Crippen molar-refractivity contribution >= 4 is 23.1 Å². The van der Waals surface area contributed by atoms with E-state index in [1.54, 1.807) is 42.5 Å². The van der Waals surface area contributed by atoms with E-state index in [0.29, 0.717) is 28.4 Å². The van der Waals surface area contributed by atoms with Crippen molar-refractivity contribution in [3.05, 3.63) is 58.6 Å². The highest BCUT2D eigenvalue weighted by molar-refractivity contribution is 6.35. The van der Waals surface area contributed by atoms with E-state index >= 15 is 0 Å². The smallest absolute Gasteiger partial charge is 0.196 e. The fourth-order valence-corrected chi connectivity index (χ4v) is 2.06. The molecule has 0 spiro atoms. The lowest BCUT2D eigenvalue weighted by molar-refractivity contribution is 0.103. The van der Waals surface area contributed by atoms with Gasteiger partial charge in [-0.05, 0) is 43.3 Å². The number of carbonyl (C=O) groups excluding carboxylic acids is 1. The molecule has 0 aliphatic rings. The van der Waals surface area contributed by atoms with Crippen LogP contribution in [-0.2, 0) is 0 Å². The highest BCUT2D eigenvalue weighted by atomic mass is 35.5. The molecule has 0 heterocycles. The van der Waals surface area contributed by atoms with E-state index in [2.05, 4.69) is 0 Å². The number of hydrogen-bond donors (Lipinski definition) is 1. The van der Waals surface area contributed by atoms with Gasteiger partial charge in [0.25, 0.3) is 0 Å². The van der Waals surface area contributed by atoms with Crippen LogP contribution in [0.5, 0.6) is 5.75 Å². The Bertz CT molecular complexity index is 573. The topological polar surface area (TPSA) is 52.3 Å². The van der Waals surface area contributed by atoms with Crippen LogP contribution < -0.4 is 10.5 Å². The first-order valence-corrected chi connectivity index (χ1v) is 6.33. The molecule has 0 amide bonds. The maximum absolute atomic E-state index is 12.4. The summed E-state index contributed by atoms with van der Waals surface area (Å²) in [5.41, 5.74) is 7.06. The van der Waals surface area contributed by atoms with E-state index in [-0.39, 0.29) is 5.78 Å². The van der Waals surface area contributed by atoms with Crippen LogP contribution in [0.2, 0.25) is 5.02 Å². The summed E-state index contributed by atoms with van der Waals surface area (Å²) < 4.78 is 5.33. The molecule has 98 valence electrons. The minimum absolute atomic E-state index is 0.189. The largest absolute Gasteiger partial charge is 0.494 e. The van der Waals surface area contributed by atoms with Gasteiger partial charge in [0.15, 0.2) is 5.78 Å². The van der Waals surface area contributed by atoms with Crippen molar-refractivity contribution in [1.82, 2.24) is 0 Å². The molecule has 3 nitrogen and oxygen atoms in total. The highest BCUT2D eigenvalue weighted by Gasteiger charge is 2.15. The summed E-state index contributed by atoms with van der Waals surface area (Å²) in [5, 5.41) is 0.360. The van der Waals surface area contributed by atoms with Gasteiger partial charge in [0.1, 0.15) is 5.75 Å². The van der Waals surface area contributed by atoms with Crippen LogP contribution >= 0.6 is 11.6 Å². The third-order valence-electron chi connectivity index (χ3n) is 2.70. The first-order chi connectivity index (χ1) is 9.13. The monoisotopic (exact) mass is 275 g/mol. The summed E-state index contributed by atoms with van der Waals surface area (Å²) in [6.07, 6.45) is 0. The van der Waals surface area contributed by atoms with Gasteiger partial charge in [-0.1, -0.05) is 17.7 Å². The van der Waals surface area contributed by atoms with Crippen LogP contribution in [0.15, 0.2) is 42.5 Å². The minimum atomic E-state index is -0.189. The van der Waals surface area contributed by atoms with Gasteiger partial charge in [0.2, 0.25) is 0 Å². The van der Waals surface area contributed by atoms with Crippen LogP contribution in [0.3, 0.4) is 0 Å². The average Bonchev–Trinajstić information content (AvgIpc) is 2.39. The molecule has 0 bridgehead atoms. The number of halogens is 1. The summed E-state index contributed by atoms with van der Waals surface area (Å²) in [7, 11) is 0. The van der Waals surface area contributed by atoms with Gasteiger partial charge in [0, 0.05) is 11.3 Å². The Labute approximate surface area is 117 Å². The second kappa shape index (κ2) is 5.76. The minimum Gasteiger partial charge on any atom is -0.494 e. The summed E-state index contributed by atoms with van der Waals surface area (Å²) in [4.78, 5) is 12.4. The van der Waals surface area contributed by atoms with Gasteiger partial charge in [-0.15, -0.1) is 0 Å². The average molecular weight is 276 g/mol. The molecule has 19 heavy (non-hydrogen) atoms. The van der Waals surface area contributed by atoms with Crippen molar-refractivity contribution in [2.45, 2.75) is 6.92 Å². The second-order valence-corrected chi connectivity index (χ2v) is 4.40. The number of ether oxygens (including phenoxy) is 1. The summed E-state index contributed by atoms with van der Waals surface area (Å²) in [5.74, 6) is 0.539. The van der Waals surface area contributed by atoms with Gasteiger partial charge in [0.05, 0.1) is 17.2 Å². The molecule has 2 aromatic carbocycles. The van der Waals surface area contributed by atoms with Crippen molar-refractivity contribution in [2.75, 3.05) is 12.3 Å². The van der Waals surface area contributed by atoms with Crippen LogP contribution in [-0.4, -0.2) is 12.4 Å². The zero-order valence-corrected chi connectivity index (χ0v) is 11.3. The van der Waals surface area contributed by atoms with E-state index in [4.69, 9.17) is 22.1 Å². The lowest BCUT2D eigenvalue weighted by atomic mass is 10.0. The van der Waals surface area contributed by atoms with E-state index in [1.807, 2.05) is 6.92 Å². The Morgan fingerprint density at radius 2 is 1.89 bits per heavy atom. The molecule has 2 N–H and O–H groups in total. The number of carbonyl (C=O) groups is 1. The first kappa shape index (κ1) is 13.4. The third-order valence-corrected chi connectivity index (χ3v) is 3.02. The Hall–Kier alpha value is -2.00. The quantitative estimate of drug-likeness (QED) is 0.686. The molecule has 4 heteroatoms. The zero-order chi connectivity index (χ0) is 13.8. The number of rotatable bonds is 4. The molecule has 0 saturated carbocycles. The summed E-state index contributed by atoms with van der Waals surface area (Å²) >= 11 is 6.03. The van der Waals surface area contributed by atoms with E-state index in [0.717, 1.165) is 5.75 Å². The summed E-state index contributed by atoms with van der Waals surface area (Å²) in [6.45, 7) is 2.49. The van der Waals surface area contributed by atoms with E-state index in [1.165, 1.54) is 0 Å². The van der Waals surface area contributed by atoms with Crippen LogP contribution in [0.25, 0.3) is 0 Å². The molecule has 0 aliphatic heterocycles. The van der Waals surface area contributed by atoms with Crippen LogP contribution in [0, 0.1) is 0 Å². The molecule has 0 saturated heterocycles. The number of anilines is 1. The molecule has 0 fully saturated rings. The highest BCUT2D eigenvalue weighted by Crippen LogP contribution is 2.25. The molecule has 0 aliphatic carbocycles. The summed E-state index contributed by atoms with van der Waals surface area (Å²) in [6, 6.07) is 11.9. The lowest BCUT2D eigenvalue weighted by Gasteiger charge is -2.08. The van der Waals surface area contributed by atoms with Crippen molar-refractivity contribution in [3.8, 4) is 5.75 Å². The molecule has 0 radical (unpaired) electrons. The fourth-order valence-electron chi connectivity index (χ4n) is 1.79. The lowest BCUT2D eigenvalue weighted by Crippen LogP contribution is -2.06. The molecule has 0 unspecified atom stereocenters. The SMILES string of the molecule is CCOc1ccc(C(=O)c2c(N)cccc2Cl)cc1. The third kappa shape index (κ3) is 2.88. The number of nitrogen functional groups attached to an aromatic ring is 1. The van der Waals surface area contributed by atoms with Crippen molar-refractivity contribution < 1.29 is 9.53 Å². The van der Waals surface area contributed by atoms with Gasteiger partial charge in [-0.2, -0.15) is 0 Å². The Morgan fingerprint density at radius 1 is 1.21 bits per heavy atom. The van der Waals surface area contributed by atoms with Gasteiger partial charge < -0.3 is 10.5 Å². The number of benzene rings is 2. The molecule has 2 rings (SSSR count). The molecular formula is C15H14ClNO2. The van der Waals surface area contributed by atoms with Crippen molar-refractivity contribution in [1.29, 1.82) is 0 Å². The van der Waals surface area contributed by atoms with Crippen molar-refractivity contribution in [2.24, 2.45) is 0 Å². The Balaban J connectivity index is 2.34. The predicted molar refractivity (Wildman–Crippen MR) is 76.9 cm³/mol. The maximum Gasteiger partial charge on any atom is 0.196 e. The maximum atomic E-state index is 12.4. The fraction of sp³-hybridized carbons (Fsp3) is 0.133. The standard InChI is InChI=1S/C15H14ClNO2/c1-2-19-11-8-6-10(7-9-11)15(18)14-12(16)4-3-5-13(14)17/h3-9H,2,17H2,1H3. The molecule has 0 aromatic heterocycles. The van der Waals surface area contributed by atoms with Gasteiger partial charge in [-0.25, -0.2) is 0 Å². The van der Waals surface area contributed by atoms with Gasteiger partial charge >= 0.3 is 0 Å². The molecular weight excluding hydrogens is 262 g/mol. The molecule has 0 atom stereocenters. The van der Waals surface area contributed by atoms with E-state index < -0.39 is 0 Å². The zero-order valence-electron chi connectivity index (χ0n) is 10.5. The second-order valence-electron chi connectivity index (χ2n) is 3.99. The van der Waals surface area contributed by atoms with Gasteiger partial charge in [-0.3, -0.25) is 4.79 Å². The Morgan fingerprint density at radius 3 is 2.47 bits per heavy atom. The molecule has 2 aromatic rings. The normalized spacial score (nSPS) is 10.2. The predicted octanol–water partition coefficient (Wildman–Crippen LogP) is 3.55. The van der Waals surface area contributed by atoms with Crippen LogP contribution in [0.4, 0.5) is 5.69 Å². The van der Waals surface area contributed by atoms with E-state index in [9.17, 15) is 4.79 Å². The van der Waals surface area contributed by atoms with Crippen molar-refractivity contribution in [3.63, 3.8) is 0 Å².